The Morgan fingerprint density at radius 1 is 1.19 bits per heavy atom. The molecule has 0 unspecified atom stereocenters. The predicted molar refractivity (Wildman–Crippen MR) is 67.3 cm³/mol. The second kappa shape index (κ2) is 9.00. The first kappa shape index (κ1) is 14.7. The number of urea groups is 1. The number of carbonyl (C=O) groups is 1. The number of halogens is 1. The lowest BCUT2D eigenvalue weighted by Gasteiger charge is -2.04. The van der Waals surface area contributed by atoms with Gasteiger partial charge in [0, 0.05) is 6.54 Å². The lowest BCUT2D eigenvalue weighted by molar-refractivity contribution is 0.244. The average Bonchev–Trinajstić information content (AvgIpc) is 2.24. The number of rotatable bonds is 6. The molecule has 0 spiro atoms. The van der Waals surface area contributed by atoms with Crippen LogP contribution in [0.15, 0.2) is 30.3 Å². The van der Waals surface area contributed by atoms with Gasteiger partial charge in [0.25, 0.3) is 0 Å². The minimum absolute atomic E-state index is 0. The average molecular weight is 244 g/mol. The third-order valence-electron chi connectivity index (χ3n) is 2.07. The Morgan fingerprint density at radius 3 is 2.50 bits per heavy atom. The highest BCUT2D eigenvalue weighted by Crippen LogP contribution is 2.03. The van der Waals surface area contributed by atoms with E-state index >= 15 is 0 Å². The molecular weight excluding hydrogens is 226 g/mol. The molecule has 0 aliphatic heterocycles. The summed E-state index contributed by atoms with van der Waals surface area (Å²) < 4.78 is 0. The number of nitrogens with two attached hydrogens (primary N) is 1. The van der Waals surface area contributed by atoms with Gasteiger partial charge in [-0.05, 0) is 24.8 Å². The van der Waals surface area contributed by atoms with Crippen molar-refractivity contribution in [3.63, 3.8) is 0 Å². The number of amides is 2. The first-order valence-corrected chi connectivity index (χ1v) is 5.11. The molecule has 0 atom stereocenters. The van der Waals surface area contributed by atoms with Crippen LogP contribution in [0.4, 0.5) is 4.79 Å². The van der Waals surface area contributed by atoms with E-state index in [-0.39, 0.29) is 12.4 Å². The maximum absolute atomic E-state index is 10.3. The van der Waals surface area contributed by atoms with Crippen molar-refractivity contribution in [1.82, 2.24) is 10.9 Å². The number of hydrazine groups is 1. The van der Waals surface area contributed by atoms with Crippen molar-refractivity contribution >= 4 is 18.4 Å². The highest BCUT2D eigenvalue weighted by Gasteiger charge is 1.93. The fraction of sp³-hybridized carbons (Fsp3) is 0.364. The summed E-state index contributed by atoms with van der Waals surface area (Å²) in [7, 11) is 0. The molecule has 1 aromatic carbocycles. The summed E-state index contributed by atoms with van der Waals surface area (Å²) in [5.74, 6) is 0. The number of benzene rings is 1. The van der Waals surface area contributed by atoms with E-state index in [2.05, 4.69) is 23.0 Å². The van der Waals surface area contributed by atoms with Gasteiger partial charge in [0.15, 0.2) is 0 Å². The van der Waals surface area contributed by atoms with Crippen LogP contribution >= 0.6 is 12.4 Å². The number of hydrogen-bond donors (Lipinski definition) is 3. The summed E-state index contributed by atoms with van der Waals surface area (Å²) in [6.07, 6.45) is 3.17. The maximum atomic E-state index is 10.3. The van der Waals surface area contributed by atoms with Crippen LogP contribution < -0.4 is 16.6 Å². The van der Waals surface area contributed by atoms with E-state index in [1.807, 2.05) is 18.2 Å². The monoisotopic (exact) mass is 243 g/mol. The number of primary amides is 1. The van der Waals surface area contributed by atoms with Crippen LogP contribution in [0.25, 0.3) is 0 Å². The third kappa shape index (κ3) is 7.09. The second-order valence-corrected chi connectivity index (χ2v) is 3.36. The summed E-state index contributed by atoms with van der Waals surface area (Å²) in [4.78, 5) is 10.3. The molecule has 5 heteroatoms. The zero-order chi connectivity index (χ0) is 10.9. The summed E-state index contributed by atoms with van der Waals surface area (Å²) in [6.45, 7) is 0.746. The summed E-state index contributed by atoms with van der Waals surface area (Å²) in [6, 6.07) is 9.80. The van der Waals surface area contributed by atoms with Crippen molar-refractivity contribution in [3.05, 3.63) is 35.9 Å². The van der Waals surface area contributed by atoms with E-state index < -0.39 is 6.03 Å². The van der Waals surface area contributed by atoms with Crippen LogP contribution in [0.3, 0.4) is 0 Å². The standard InChI is InChI=1S/C11H17N3O.ClH/c12-11(15)14-13-9-5-4-8-10-6-2-1-3-7-10;/h1-3,6-7,13H,4-5,8-9H2,(H3,12,14,15);1H. The van der Waals surface area contributed by atoms with Crippen LogP contribution in [0.2, 0.25) is 0 Å². The van der Waals surface area contributed by atoms with Crippen LogP contribution in [0, 0.1) is 0 Å². The molecule has 0 bridgehead atoms. The topological polar surface area (TPSA) is 67.2 Å². The first-order chi connectivity index (χ1) is 7.29. The van der Waals surface area contributed by atoms with Gasteiger partial charge in [-0.3, -0.25) is 5.43 Å². The minimum Gasteiger partial charge on any atom is -0.351 e. The number of nitrogens with one attached hydrogen (secondary N) is 2. The molecule has 0 heterocycles. The Labute approximate surface area is 102 Å². The van der Waals surface area contributed by atoms with Gasteiger partial charge in [0.1, 0.15) is 0 Å². The number of aryl methyl sites for hydroxylation is 1. The van der Waals surface area contributed by atoms with Gasteiger partial charge in [0.05, 0.1) is 0 Å². The van der Waals surface area contributed by atoms with Gasteiger partial charge in [-0.2, -0.15) is 0 Å². The molecule has 0 saturated heterocycles. The van der Waals surface area contributed by atoms with Crippen LogP contribution in [-0.4, -0.2) is 12.6 Å². The van der Waals surface area contributed by atoms with Gasteiger partial charge in [-0.15, -0.1) is 12.4 Å². The van der Waals surface area contributed by atoms with Crippen LogP contribution in [-0.2, 0) is 6.42 Å². The van der Waals surface area contributed by atoms with E-state index in [0.29, 0.717) is 0 Å². The van der Waals surface area contributed by atoms with Crippen molar-refractivity contribution in [2.24, 2.45) is 5.73 Å². The van der Waals surface area contributed by atoms with E-state index in [0.717, 1.165) is 25.8 Å². The Hall–Kier alpha value is -1.26. The van der Waals surface area contributed by atoms with E-state index in [4.69, 9.17) is 5.73 Å². The lowest BCUT2D eigenvalue weighted by Crippen LogP contribution is -2.41. The highest BCUT2D eigenvalue weighted by molar-refractivity contribution is 5.85. The Morgan fingerprint density at radius 2 is 1.88 bits per heavy atom. The Kier molecular flexibility index (Phi) is 8.29. The molecule has 4 N–H and O–H groups in total. The first-order valence-electron chi connectivity index (χ1n) is 5.11. The van der Waals surface area contributed by atoms with Crippen molar-refractivity contribution in [3.8, 4) is 0 Å². The minimum atomic E-state index is -0.543. The van der Waals surface area contributed by atoms with Crippen LogP contribution in [0.1, 0.15) is 18.4 Å². The third-order valence-corrected chi connectivity index (χ3v) is 2.07. The molecule has 1 rings (SSSR count). The molecule has 2 amide bonds. The van der Waals surface area contributed by atoms with Gasteiger partial charge >= 0.3 is 6.03 Å². The molecule has 0 aromatic heterocycles. The molecule has 0 fully saturated rings. The summed E-state index contributed by atoms with van der Waals surface area (Å²) in [5.41, 5.74) is 11.3. The molecule has 0 radical (unpaired) electrons. The van der Waals surface area contributed by atoms with Crippen LogP contribution in [0.5, 0.6) is 0 Å². The van der Waals surface area contributed by atoms with Gasteiger partial charge in [-0.25, -0.2) is 10.2 Å². The molecule has 16 heavy (non-hydrogen) atoms. The summed E-state index contributed by atoms with van der Waals surface area (Å²) in [5, 5.41) is 0. The smallest absolute Gasteiger partial charge is 0.326 e. The lowest BCUT2D eigenvalue weighted by atomic mass is 10.1. The van der Waals surface area contributed by atoms with E-state index in [9.17, 15) is 4.79 Å². The fourth-order valence-corrected chi connectivity index (χ4v) is 1.34. The molecule has 0 saturated carbocycles. The molecular formula is C11H18ClN3O. The molecule has 0 aliphatic rings. The number of carbonyl (C=O) groups excluding carboxylic acids is 1. The second-order valence-electron chi connectivity index (χ2n) is 3.36. The van der Waals surface area contributed by atoms with Crippen molar-refractivity contribution < 1.29 is 4.79 Å². The van der Waals surface area contributed by atoms with Gasteiger partial charge < -0.3 is 5.73 Å². The van der Waals surface area contributed by atoms with Gasteiger partial charge in [0.2, 0.25) is 0 Å². The van der Waals surface area contributed by atoms with E-state index in [1.54, 1.807) is 0 Å². The quantitative estimate of drug-likeness (QED) is 0.525. The van der Waals surface area contributed by atoms with Crippen molar-refractivity contribution in [1.29, 1.82) is 0 Å². The highest BCUT2D eigenvalue weighted by atomic mass is 35.5. The fourth-order valence-electron chi connectivity index (χ4n) is 1.34. The normalized spacial score (nSPS) is 9.25. The van der Waals surface area contributed by atoms with Crippen molar-refractivity contribution in [2.75, 3.05) is 6.54 Å². The zero-order valence-corrected chi connectivity index (χ0v) is 9.93. The van der Waals surface area contributed by atoms with Crippen molar-refractivity contribution in [2.45, 2.75) is 19.3 Å². The molecule has 4 nitrogen and oxygen atoms in total. The van der Waals surface area contributed by atoms with E-state index in [1.165, 1.54) is 5.56 Å². The SMILES string of the molecule is Cl.NC(=O)NNCCCCc1ccccc1. The Bertz CT molecular complexity index is 293. The summed E-state index contributed by atoms with van der Waals surface area (Å²) >= 11 is 0. The zero-order valence-electron chi connectivity index (χ0n) is 9.11. The molecule has 0 aliphatic carbocycles. The van der Waals surface area contributed by atoms with Gasteiger partial charge in [-0.1, -0.05) is 30.3 Å². The number of hydrogen-bond acceptors (Lipinski definition) is 2. The Balaban J connectivity index is 0.00000225. The predicted octanol–water partition coefficient (Wildman–Crippen LogP) is 1.60. The number of unbranched alkanes of at least 4 members (excludes halogenated alkanes) is 1. The molecule has 1 aromatic rings. The largest absolute Gasteiger partial charge is 0.351 e. The maximum Gasteiger partial charge on any atom is 0.326 e. The molecule has 90 valence electrons.